The molecule has 0 aliphatic carbocycles. The van der Waals surface area contributed by atoms with Gasteiger partial charge in [-0.25, -0.2) is 0 Å². The molecule has 0 radical (unpaired) electrons. The Morgan fingerprint density at radius 2 is 2.07 bits per heavy atom. The molecular weight excluding hydrogens is 210 g/mol. The van der Waals surface area contributed by atoms with Gasteiger partial charge in [0.05, 0.1) is 7.11 Å². The third kappa shape index (κ3) is 4.10. The topological polar surface area (TPSA) is 12.5 Å². The van der Waals surface area contributed by atoms with Gasteiger partial charge in [-0.3, -0.25) is 0 Å². The Morgan fingerprint density at radius 3 is 2.67 bits per heavy atom. The van der Waals surface area contributed by atoms with Crippen LogP contribution in [0.1, 0.15) is 12.0 Å². The number of methoxy groups -OCH3 is 1. The van der Waals surface area contributed by atoms with Gasteiger partial charge in [0.2, 0.25) is 0 Å². The number of rotatable bonds is 5. The van der Waals surface area contributed by atoms with E-state index in [0.29, 0.717) is 0 Å². The normalized spacial score (nSPS) is 10.7. The third-order valence-corrected chi connectivity index (χ3v) is 2.53. The van der Waals surface area contributed by atoms with E-state index in [1.807, 2.05) is 18.2 Å². The fourth-order valence-electron chi connectivity index (χ4n) is 1.53. The van der Waals surface area contributed by atoms with Gasteiger partial charge in [-0.2, -0.15) is 0 Å². The van der Waals surface area contributed by atoms with Gasteiger partial charge in [0.1, 0.15) is 5.75 Å². The van der Waals surface area contributed by atoms with Gasteiger partial charge < -0.3 is 9.64 Å². The first kappa shape index (κ1) is 12.3. The zero-order valence-electron chi connectivity index (χ0n) is 9.59. The van der Waals surface area contributed by atoms with Crippen molar-refractivity contribution >= 4 is 11.6 Å². The van der Waals surface area contributed by atoms with Crippen molar-refractivity contribution in [2.24, 2.45) is 0 Å². The molecule has 0 saturated heterocycles. The molecule has 84 valence electrons. The molecule has 0 fully saturated rings. The minimum Gasteiger partial charge on any atom is -0.496 e. The number of nitrogens with zero attached hydrogens (tertiary/aromatic N) is 1. The number of hydrogen-bond acceptors (Lipinski definition) is 2. The highest BCUT2D eigenvalue weighted by Crippen LogP contribution is 2.23. The Bertz CT molecular complexity index is 312. The van der Waals surface area contributed by atoms with Crippen molar-refractivity contribution in [3.8, 4) is 5.75 Å². The van der Waals surface area contributed by atoms with Crippen molar-refractivity contribution in [1.29, 1.82) is 0 Å². The molecule has 0 saturated carbocycles. The second-order valence-electron chi connectivity index (χ2n) is 3.86. The molecule has 0 aliphatic rings. The van der Waals surface area contributed by atoms with Crippen LogP contribution in [-0.2, 0) is 6.42 Å². The lowest BCUT2D eigenvalue weighted by Gasteiger charge is -2.11. The van der Waals surface area contributed by atoms with E-state index >= 15 is 0 Å². The number of halogens is 1. The maximum Gasteiger partial charge on any atom is 0.122 e. The predicted molar refractivity (Wildman–Crippen MR) is 64.9 cm³/mol. The van der Waals surface area contributed by atoms with Crippen molar-refractivity contribution in [1.82, 2.24) is 4.90 Å². The summed E-state index contributed by atoms with van der Waals surface area (Å²) in [6, 6.07) is 5.76. The molecule has 0 amide bonds. The highest BCUT2D eigenvalue weighted by Gasteiger charge is 2.03. The standard InChI is InChI=1S/C12H18ClNO/c1-14(2)8-4-5-10-9-11(13)6-7-12(10)15-3/h6-7,9H,4-5,8H2,1-3H3. The van der Waals surface area contributed by atoms with E-state index in [9.17, 15) is 0 Å². The molecule has 15 heavy (non-hydrogen) atoms. The Labute approximate surface area is 96.8 Å². The summed E-state index contributed by atoms with van der Waals surface area (Å²) >= 11 is 5.95. The number of hydrogen-bond donors (Lipinski definition) is 0. The lowest BCUT2D eigenvalue weighted by atomic mass is 10.1. The summed E-state index contributed by atoms with van der Waals surface area (Å²) < 4.78 is 5.29. The van der Waals surface area contributed by atoms with Gasteiger partial charge in [-0.1, -0.05) is 11.6 Å². The molecule has 1 rings (SSSR count). The van der Waals surface area contributed by atoms with Crippen LogP contribution in [0.15, 0.2) is 18.2 Å². The Hall–Kier alpha value is -0.730. The summed E-state index contributed by atoms with van der Waals surface area (Å²) in [5.74, 6) is 0.929. The lowest BCUT2D eigenvalue weighted by Crippen LogP contribution is -2.13. The van der Waals surface area contributed by atoms with E-state index in [2.05, 4.69) is 19.0 Å². The molecular formula is C12H18ClNO. The summed E-state index contributed by atoms with van der Waals surface area (Å²) in [4.78, 5) is 2.18. The zero-order chi connectivity index (χ0) is 11.3. The molecule has 0 unspecified atom stereocenters. The van der Waals surface area contributed by atoms with E-state index in [1.54, 1.807) is 7.11 Å². The average molecular weight is 228 g/mol. The summed E-state index contributed by atoms with van der Waals surface area (Å²) in [5, 5.41) is 0.774. The molecule has 0 bridgehead atoms. The van der Waals surface area contributed by atoms with Crippen LogP contribution in [-0.4, -0.2) is 32.6 Å². The van der Waals surface area contributed by atoms with Crippen LogP contribution >= 0.6 is 11.6 Å². The fraction of sp³-hybridized carbons (Fsp3) is 0.500. The van der Waals surface area contributed by atoms with Crippen molar-refractivity contribution in [2.75, 3.05) is 27.7 Å². The summed E-state index contributed by atoms with van der Waals surface area (Å²) in [6.07, 6.45) is 2.12. The maximum absolute atomic E-state index is 5.95. The van der Waals surface area contributed by atoms with E-state index in [0.717, 1.165) is 30.2 Å². The number of benzene rings is 1. The summed E-state index contributed by atoms with van der Waals surface area (Å²) in [6.45, 7) is 1.08. The van der Waals surface area contributed by atoms with Crippen LogP contribution in [0.5, 0.6) is 5.75 Å². The largest absolute Gasteiger partial charge is 0.496 e. The van der Waals surface area contributed by atoms with Crippen molar-refractivity contribution < 1.29 is 4.74 Å². The van der Waals surface area contributed by atoms with Gasteiger partial charge in [-0.05, 0) is 57.2 Å². The number of aryl methyl sites for hydroxylation is 1. The van der Waals surface area contributed by atoms with Crippen LogP contribution in [0.2, 0.25) is 5.02 Å². The maximum atomic E-state index is 5.95. The van der Waals surface area contributed by atoms with Crippen molar-refractivity contribution in [3.05, 3.63) is 28.8 Å². The SMILES string of the molecule is COc1ccc(Cl)cc1CCCN(C)C. The molecule has 0 aliphatic heterocycles. The van der Waals surface area contributed by atoms with E-state index < -0.39 is 0 Å². The van der Waals surface area contributed by atoms with Crippen molar-refractivity contribution in [3.63, 3.8) is 0 Å². The molecule has 0 heterocycles. The molecule has 0 aromatic heterocycles. The molecule has 2 nitrogen and oxygen atoms in total. The second-order valence-corrected chi connectivity index (χ2v) is 4.30. The van der Waals surface area contributed by atoms with Gasteiger partial charge >= 0.3 is 0 Å². The molecule has 0 N–H and O–H groups in total. The summed E-state index contributed by atoms with van der Waals surface area (Å²) in [7, 11) is 5.85. The fourth-order valence-corrected chi connectivity index (χ4v) is 1.72. The molecule has 1 aromatic carbocycles. The molecule has 0 spiro atoms. The minimum atomic E-state index is 0.774. The zero-order valence-corrected chi connectivity index (χ0v) is 10.3. The van der Waals surface area contributed by atoms with E-state index in [1.165, 1.54) is 5.56 Å². The van der Waals surface area contributed by atoms with Crippen LogP contribution in [0.25, 0.3) is 0 Å². The average Bonchev–Trinajstić information content (AvgIpc) is 2.17. The van der Waals surface area contributed by atoms with E-state index in [4.69, 9.17) is 16.3 Å². The first-order chi connectivity index (χ1) is 7.13. The van der Waals surface area contributed by atoms with Crippen LogP contribution in [0.3, 0.4) is 0 Å². The van der Waals surface area contributed by atoms with Crippen LogP contribution < -0.4 is 4.74 Å². The third-order valence-electron chi connectivity index (χ3n) is 2.29. The summed E-state index contributed by atoms with van der Waals surface area (Å²) in [5.41, 5.74) is 1.19. The van der Waals surface area contributed by atoms with Gasteiger partial charge in [-0.15, -0.1) is 0 Å². The smallest absolute Gasteiger partial charge is 0.122 e. The first-order valence-corrected chi connectivity index (χ1v) is 5.48. The monoisotopic (exact) mass is 227 g/mol. The highest BCUT2D eigenvalue weighted by atomic mass is 35.5. The first-order valence-electron chi connectivity index (χ1n) is 5.10. The van der Waals surface area contributed by atoms with Gasteiger partial charge in [0.15, 0.2) is 0 Å². The second kappa shape index (κ2) is 5.99. The van der Waals surface area contributed by atoms with Crippen molar-refractivity contribution in [2.45, 2.75) is 12.8 Å². The Morgan fingerprint density at radius 1 is 1.33 bits per heavy atom. The lowest BCUT2D eigenvalue weighted by molar-refractivity contribution is 0.391. The van der Waals surface area contributed by atoms with Gasteiger partial charge in [0.25, 0.3) is 0 Å². The predicted octanol–water partition coefficient (Wildman–Crippen LogP) is 2.84. The molecule has 3 heteroatoms. The minimum absolute atomic E-state index is 0.774. The van der Waals surface area contributed by atoms with E-state index in [-0.39, 0.29) is 0 Å². The Kier molecular flexibility index (Phi) is 4.92. The van der Waals surface area contributed by atoms with Crippen LogP contribution in [0.4, 0.5) is 0 Å². The molecule has 0 atom stereocenters. The molecule has 1 aromatic rings. The van der Waals surface area contributed by atoms with Gasteiger partial charge in [0, 0.05) is 5.02 Å². The quantitative estimate of drug-likeness (QED) is 0.767. The van der Waals surface area contributed by atoms with Crippen LogP contribution in [0, 0.1) is 0 Å². The number of ether oxygens (including phenoxy) is 1. The Balaban J connectivity index is 2.62. The highest BCUT2D eigenvalue weighted by molar-refractivity contribution is 6.30.